The predicted octanol–water partition coefficient (Wildman–Crippen LogP) is 3.96. The molecule has 0 heterocycles. The van der Waals surface area contributed by atoms with E-state index in [0.29, 0.717) is 0 Å². The zero-order chi connectivity index (χ0) is 13.3. The molecule has 0 fully saturated rings. The Morgan fingerprint density at radius 2 is 2.17 bits per heavy atom. The minimum atomic E-state index is -0.453. The van der Waals surface area contributed by atoms with Gasteiger partial charge in [0.05, 0.1) is 6.04 Å². The van der Waals surface area contributed by atoms with Gasteiger partial charge >= 0.3 is 6.09 Å². The number of carbonyl (C=O) groups excluding carboxylic acids is 1. The van der Waals surface area contributed by atoms with Gasteiger partial charge in [-0.3, -0.25) is 0 Å². The summed E-state index contributed by atoms with van der Waals surface area (Å²) in [6.45, 7) is 5.60. The molecule has 0 bridgehead atoms. The number of alkyl carbamates (subject to hydrolysis) is 1. The van der Waals surface area contributed by atoms with E-state index in [2.05, 4.69) is 33.4 Å². The average molecular weight is 312 g/mol. The van der Waals surface area contributed by atoms with E-state index in [1.807, 2.05) is 26.8 Å². The Kier molecular flexibility index (Phi) is 3.66. The molecule has 0 unspecified atom stereocenters. The predicted molar refractivity (Wildman–Crippen MR) is 74.6 cm³/mol. The number of halogens is 1. The van der Waals surface area contributed by atoms with Crippen LogP contribution in [0.2, 0.25) is 0 Å². The van der Waals surface area contributed by atoms with Crippen molar-refractivity contribution in [1.29, 1.82) is 0 Å². The number of amides is 1. The SMILES string of the molecule is CC(C)(C)OC(=O)N[C@@H]1CCc2cc(Br)ccc21. The smallest absolute Gasteiger partial charge is 0.408 e. The highest BCUT2D eigenvalue weighted by Gasteiger charge is 2.26. The first-order valence-corrected chi connectivity index (χ1v) is 6.92. The molecule has 0 aromatic heterocycles. The molecule has 0 saturated heterocycles. The number of ether oxygens (including phenoxy) is 1. The molecule has 1 aromatic carbocycles. The molecule has 18 heavy (non-hydrogen) atoms. The van der Waals surface area contributed by atoms with Gasteiger partial charge in [0, 0.05) is 4.47 Å². The Morgan fingerprint density at radius 1 is 1.44 bits per heavy atom. The third kappa shape index (κ3) is 3.25. The van der Waals surface area contributed by atoms with E-state index in [-0.39, 0.29) is 12.1 Å². The van der Waals surface area contributed by atoms with Crippen molar-refractivity contribution in [3.05, 3.63) is 33.8 Å². The van der Waals surface area contributed by atoms with Crippen molar-refractivity contribution >= 4 is 22.0 Å². The van der Waals surface area contributed by atoms with E-state index < -0.39 is 5.60 Å². The van der Waals surface area contributed by atoms with Crippen LogP contribution in [0.5, 0.6) is 0 Å². The Bertz CT molecular complexity index is 465. The lowest BCUT2D eigenvalue weighted by Crippen LogP contribution is -2.34. The number of nitrogens with one attached hydrogen (secondary N) is 1. The second-order valence-corrected chi connectivity index (χ2v) is 6.50. The maximum Gasteiger partial charge on any atom is 0.408 e. The van der Waals surface area contributed by atoms with Crippen molar-refractivity contribution in [3.63, 3.8) is 0 Å². The summed E-state index contributed by atoms with van der Waals surface area (Å²) in [5.74, 6) is 0. The molecular formula is C14H18BrNO2. The van der Waals surface area contributed by atoms with E-state index in [9.17, 15) is 4.79 Å². The highest BCUT2D eigenvalue weighted by Crippen LogP contribution is 2.33. The molecule has 4 heteroatoms. The third-order valence-corrected chi connectivity index (χ3v) is 3.37. The lowest BCUT2D eigenvalue weighted by atomic mass is 10.1. The van der Waals surface area contributed by atoms with E-state index in [4.69, 9.17) is 4.74 Å². The van der Waals surface area contributed by atoms with Crippen LogP contribution in [0.15, 0.2) is 22.7 Å². The maximum absolute atomic E-state index is 11.7. The normalized spacial score (nSPS) is 18.3. The summed E-state index contributed by atoms with van der Waals surface area (Å²) in [5.41, 5.74) is 2.04. The lowest BCUT2D eigenvalue weighted by Gasteiger charge is -2.22. The first-order valence-electron chi connectivity index (χ1n) is 6.13. The van der Waals surface area contributed by atoms with Crippen LogP contribution in [0, 0.1) is 0 Å². The summed E-state index contributed by atoms with van der Waals surface area (Å²) in [6.07, 6.45) is 1.59. The van der Waals surface area contributed by atoms with E-state index in [0.717, 1.165) is 17.3 Å². The topological polar surface area (TPSA) is 38.3 Å². The lowest BCUT2D eigenvalue weighted by molar-refractivity contribution is 0.0504. The van der Waals surface area contributed by atoms with Crippen LogP contribution in [-0.4, -0.2) is 11.7 Å². The van der Waals surface area contributed by atoms with Gasteiger partial charge in [-0.1, -0.05) is 22.0 Å². The van der Waals surface area contributed by atoms with Crippen molar-refractivity contribution in [1.82, 2.24) is 5.32 Å². The zero-order valence-corrected chi connectivity index (χ0v) is 12.5. The molecule has 3 nitrogen and oxygen atoms in total. The quantitative estimate of drug-likeness (QED) is 0.852. The number of fused-ring (bicyclic) bond motifs is 1. The van der Waals surface area contributed by atoms with Crippen molar-refractivity contribution < 1.29 is 9.53 Å². The van der Waals surface area contributed by atoms with Crippen molar-refractivity contribution in [2.24, 2.45) is 0 Å². The van der Waals surface area contributed by atoms with Crippen LogP contribution >= 0.6 is 15.9 Å². The molecular weight excluding hydrogens is 294 g/mol. The molecule has 1 N–H and O–H groups in total. The summed E-state index contributed by atoms with van der Waals surface area (Å²) in [7, 11) is 0. The molecule has 0 saturated carbocycles. The number of benzene rings is 1. The summed E-state index contributed by atoms with van der Waals surface area (Å²) in [6, 6.07) is 6.26. The van der Waals surface area contributed by atoms with Gasteiger partial charge in [-0.05, 0) is 56.9 Å². The van der Waals surface area contributed by atoms with Crippen LogP contribution in [0.25, 0.3) is 0 Å². The molecule has 1 aliphatic carbocycles. The Morgan fingerprint density at radius 3 is 2.83 bits per heavy atom. The van der Waals surface area contributed by atoms with Crippen molar-refractivity contribution in [2.45, 2.75) is 45.3 Å². The summed E-state index contributed by atoms with van der Waals surface area (Å²) < 4.78 is 6.36. The van der Waals surface area contributed by atoms with E-state index >= 15 is 0 Å². The van der Waals surface area contributed by atoms with E-state index in [1.165, 1.54) is 11.1 Å². The molecule has 0 spiro atoms. The van der Waals surface area contributed by atoms with Crippen LogP contribution in [0.1, 0.15) is 44.4 Å². The average Bonchev–Trinajstić information content (AvgIpc) is 2.57. The summed E-state index contributed by atoms with van der Waals surface area (Å²) in [4.78, 5) is 11.7. The standard InChI is InChI=1S/C14H18BrNO2/c1-14(2,3)18-13(17)16-12-7-4-9-8-10(15)5-6-11(9)12/h5-6,8,12H,4,7H2,1-3H3,(H,16,17)/t12-/m1/s1. The van der Waals surface area contributed by atoms with Crippen LogP contribution in [0.3, 0.4) is 0 Å². The summed E-state index contributed by atoms with van der Waals surface area (Å²) >= 11 is 3.46. The second-order valence-electron chi connectivity index (χ2n) is 5.58. The van der Waals surface area contributed by atoms with Crippen molar-refractivity contribution in [2.75, 3.05) is 0 Å². The number of rotatable bonds is 1. The van der Waals surface area contributed by atoms with Crippen LogP contribution in [-0.2, 0) is 11.2 Å². The van der Waals surface area contributed by atoms with Gasteiger partial charge in [0.25, 0.3) is 0 Å². The highest BCUT2D eigenvalue weighted by atomic mass is 79.9. The summed E-state index contributed by atoms with van der Waals surface area (Å²) in [5, 5.41) is 2.93. The molecule has 1 atom stereocenters. The fraction of sp³-hybridized carbons (Fsp3) is 0.500. The first-order chi connectivity index (χ1) is 8.35. The minimum Gasteiger partial charge on any atom is -0.444 e. The molecule has 1 aromatic rings. The van der Waals surface area contributed by atoms with Crippen LogP contribution < -0.4 is 5.32 Å². The number of hydrogen-bond acceptors (Lipinski definition) is 2. The first kappa shape index (κ1) is 13.4. The Hall–Kier alpha value is -1.03. The van der Waals surface area contributed by atoms with Crippen LogP contribution in [0.4, 0.5) is 4.79 Å². The molecule has 1 amide bonds. The second kappa shape index (κ2) is 4.92. The fourth-order valence-corrected chi connectivity index (χ4v) is 2.59. The largest absolute Gasteiger partial charge is 0.444 e. The molecule has 0 aliphatic heterocycles. The van der Waals surface area contributed by atoms with Gasteiger partial charge in [-0.15, -0.1) is 0 Å². The number of carbonyl (C=O) groups is 1. The van der Waals surface area contributed by atoms with Gasteiger partial charge in [0.1, 0.15) is 5.60 Å². The molecule has 98 valence electrons. The van der Waals surface area contributed by atoms with Gasteiger partial charge in [0.15, 0.2) is 0 Å². The van der Waals surface area contributed by atoms with Gasteiger partial charge in [0.2, 0.25) is 0 Å². The maximum atomic E-state index is 11.7. The minimum absolute atomic E-state index is 0.0722. The molecule has 1 aliphatic rings. The Balaban J connectivity index is 2.04. The third-order valence-electron chi connectivity index (χ3n) is 2.87. The molecule has 0 radical (unpaired) electrons. The number of aryl methyl sites for hydroxylation is 1. The fourth-order valence-electron chi connectivity index (χ4n) is 2.19. The van der Waals surface area contributed by atoms with Crippen molar-refractivity contribution in [3.8, 4) is 0 Å². The monoisotopic (exact) mass is 311 g/mol. The van der Waals surface area contributed by atoms with Gasteiger partial charge < -0.3 is 10.1 Å². The van der Waals surface area contributed by atoms with Gasteiger partial charge in [-0.25, -0.2) is 4.79 Å². The zero-order valence-electron chi connectivity index (χ0n) is 10.9. The molecule has 2 rings (SSSR count). The number of hydrogen-bond donors (Lipinski definition) is 1. The Labute approximate surface area is 116 Å². The van der Waals surface area contributed by atoms with Gasteiger partial charge in [-0.2, -0.15) is 0 Å². The highest BCUT2D eigenvalue weighted by molar-refractivity contribution is 9.10. The van der Waals surface area contributed by atoms with E-state index in [1.54, 1.807) is 0 Å².